The van der Waals surface area contributed by atoms with Gasteiger partial charge in [-0.2, -0.15) is 5.10 Å². The zero-order valence-corrected chi connectivity index (χ0v) is 12.3. The number of fused-ring (bicyclic) bond motifs is 1. The van der Waals surface area contributed by atoms with E-state index in [1.807, 2.05) is 17.8 Å². The number of rotatable bonds is 4. The zero-order chi connectivity index (χ0) is 14.7. The average molecular weight is 283 g/mol. The molecule has 21 heavy (non-hydrogen) atoms. The van der Waals surface area contributed by atoms with Crippen molar-refractivity contribution < 1.29 is 0 Å². The molecule has 0 saturated heterocycles. The summed E-state index contributed by atoms with van der Waals surface area (Å²) in [7, 11) is 1.94. The van der Waals surface area contributed by atoms with Crippen LogP contribution >= 0.6 is 0 Å². The number of anilines is 1. The Bertz CT molecular complexity index is 656. The fraction of sp³-hybridized carbons (Fsp3) is 0.375. The van der Waals surface area contributed by atoms with Gasteiger partial charge in [0.1, 0.15) is 0 Å². The highest BCUT2D eigenvalue weighted by Crippen LogP contribution is 2.24. The molecule has 1 aliphatic carbocycles. The van der Waals surface area contributed by atoms with Crippen molar-refractivity contribution in [3.05, 3.63) is 47.3 Å². The highest BCUT2D eigenvalue weighted by molar-refractivity contribution is 5.92. The molecule has 0 bridgehead atoms. The number of aryl methyl sites for hydroxylation is 3. The van der Waals surface area contributed by atoms with Crippen LogP contribution in [-0.4, -0.2) is 22.3 Å². The fourth-order valence-corrected chi connectivity index (χ4v) is 2.77. The standard InChI is InChI=1S/C16H21N5/c1-21-15(8-10-19-21)7-9-18-16(17)20-14-6-5-12-3-2-4-13(12)11-14/h5-6,8,10-11H,2-4,7,9H2,1H3,(H3,17,18,20). The zero-order valence-electron chi connectivity index (χ0n) is 12.3. The minimum absolute atomic E-state index is 0.468. The molecule has 1 aromatic heterocycles. The van der Waals surface area contributed by atoms with Gasteiger partial charge in [-0.25, -0.2) is 0 Å². The second-order valence-electron chi connectivity index (χ2n) is 5.43. The van der Waals surface area contributed by atoms with Crippen molar-refractivity contribution in [2.24, 2.45) is 17.8 Å². The van der Waals surface area contributed by atoms with E-state index in [0.29, 0.717) is 12.5 Å². The van der Waals surface area contributed by atoms with Crippen molar-refractivity contribution >= 4 is 11.6 Å². The first kappa shape index (κ1) is 13.7. The molecule has 0 aliphatic heterocycles. The molecular weight excluding hydrogens is 262 g/mol. The molecule has 5 heteroatoms. The van der Waals surface area contributed by atoms with E-state index in [1.165, 1.54) is 30.4 Å². The predicted molar refractivity (Wildman–Crippen MR) is 85.5 cm³/mol. The van der Waals surface area contributed by atoms with Crippen LogP contribution in [0.1, 0.15) is 23.2 Å². The minimum atomic E-state index is 0.468. The molecule has 0 unspecified atom stereocenters. The van der Waals surface area contributed by atoms with Crippen molar-refractivity contribution in [3.63, 3.8) is 0 Å². The van der Waals surface area contributed by atoms with E-state index in [0.717, 1.165) is 17.8 Å². The molecule has 0 atom stereocenters. The molecule has 2 aromatic rings. The van der Waals surface area contributed by atoms with Gasteiger partial charge in [0.15, 0.2) is 5.96 Å². The summed E-state index contributed by atoms with van der Waals surface area (Å²) in [6.45, 7) is 0.656. The Hall–Kier alpha value is -2.30. The molecular formula is C16H21N5. The number of nitrogens with one attached hydrogen (secondary N) is 1. The van der Waals surface area contributed by atoms with Gasteiger partial charge in [0.2, 0.25) is 0 Å². The maximum atomic E-state index is 5.94. The van der Waals surface area contributed by atoms with Crippen molar-refractivity contribution in [1.29, 1.82) is 0 Å². The van der Waals surface area contributed by atoms with Crippen molar-refractivity contribution in [1.82, 2.24) is 9.78 Å². The molecule has 0 fully saturated rings. The van der Waals surface area contributed by atoms with E-state index in [4.69, 9.17) is 5.73 Å². The molecule has 1 heterocycles. The Morgan fingerprint density at radius 1 is 1.33 bits per heavy atom. The average Bonchev–Trinajstić information content (AvgIpc) is 3.07. The summed E-state index contributed by atoms with van der Waals surface area (Å²) in [4.78, 5) is 4.37. The number of aliphatic imine (C=N–C) groups is 1. The van der Waals surface area contributed by atoms with Crippen LogP contribution in [0.25, 0.3) is 0 Å². The molecule has 5 nitrogen and oxygen atoms in total. The van der Waals surface area contributed by atoms with E-state index < -0.39 is 0 Å². The van der Waals surface area contributed by atoms with E-state index in [2.05, 4.69) is 33.6 Å². The maximum absolute atomic E-state index is 5.94. The van der Waals surface area contributed by atoms with Gasteiger partial charge in [-0.15, -0.1) is 0 Å². The fourth-order valence-electron chi connectivity index (χ4n) is 2.77. The predicted octanol–water partition coefficient (Wildman–Crippen LogP) is 1.88. The van der Waals surface area contributed by atoms with Gasteiger partial charge < -0.3 is 11.1 Å². The smallest absolute Gasteiger partial charge is 0.193 e. The second-order valence-corrected chi connectivity index (χ2v) is 5.43. The summed E-state index contributed by atoms with van der Waals surface area (Å²) in [5.74, 6) is 0.468. The summed E-state index contributed by atoms with van der Waals surface area (Å²) in [5, 5.41) is 7.31. The summed E-state index contributed by atoms with van der Waals surface area (Å²) in [6.07, 6.45) is 6.26. The van der Waals surface area contributed by atoms with E-state index in [-0.39, 0.29) is 0 Å². The minimum Gasteiger partial charge on any atom is -0.370 e. The lowest BCUT2D eigenvalue weighted by molar-refractivity contribution is 0.706. The van der Waals surface area contributed by atoms with Gasteiger partial charge in [-0.05, 0) is 48.6 Å². The topological polar surface area (TPSA) is 68.2 Å². The van der Waals surface area contributed by atoms with Crippen LogP contribution < -0.4 is 11.1 Å². The van der Waals surface area contributed by atoms with Crippen molar-refractivity contribution in [2.45, 2.75) is 25.7 Å². The summed E-state index contributed by atoms with van der Waals surface area (Å²) >= 11 is 0. The normalized spacial score (nSPS) is 14.2. The first-order valence-corrected chi connectivity index (χ1v) is 7.38. The van der Waals surface area contributed by atoms with E-state index in [9.17, 15) is 0 Å². The van der Waals surface area contributed by atoms with Crippen LogP contribution in [0.3, 0.4) is 0 Å². The summed E-state index contributed by atoms with van der Waals surface area (Å²) < 4.78 is 1.86. The monoisotopic (exact) mass is 283 g/mol. The number of aromatic nitrogens is 2. The van der Waals surface area contributed by atoms with Gasteiger partial charge in [0.25, 0.3) is 0 Å². The lowest BCUT2D eigenvalue weighted by atomic mass is 10.1. The molecule has 1 aliphatic rings. The van der Waals surface area contributed by atoms with Crippen LogP contribution in [0.2, 0.25) is 0 Å². The number of benzene rings is 1. The van der Waals surface area contributed by atoms with Gasteiger partial charge in [0, 0.05) is 37.6 Å². The number of nitrogens with two attached hydrogens (primary N) is 1. The Morgan fingerprint density at radius 2 is 2.19 bits per heavy atom. The lowest BCUT2D eigenvalue weighted by Crippen LogP contribution is -2.23. The highest BCUT2D eigenvalue weighted by atomic mass is 15.3. The Kier molecular flexibility index (Phi) is 3.90. The molecule has 0 amide bonds. The maximum Gasteiger partial charge on any atom is 0.193 e. The first-order valence-electron chi connectivity index (χ1n) is 7.38. The van der Waals surface area contributed by atoms with Crippen LogP contribution in [-0.2, 0) is 26.3 Å². The summed E-state index contributed by atoms with van der Waals surface area (Å²) in [5.41, 5.74) is 11.0. The highest BCUT2D eigenvalue weighted by Gasteiger charge is 2.10. The van der Waals surface area contributed by atoms with Gasteiger partial charge in [-0.3, -0.25) is 9.67 Å². The third-order valence-corrected chi connectivity index (χ3v) is 3.94. The molecule has 0 radical (unpaired) electrons. The van der Waals surface area contributed by atoms with E-state index >= 15 is 0 Å². The van der Waals surface area contributed by atoms with Crippen LogP contribution in [0.4, 0.5) is 5.69 Å². The molecule has 1 aromatic carbocycles. The first-order chi connectivity index (χ1) is 10.2. The third-order valence-electron chi connectivity index (χ3n) is 3.94. The van der Waals surface area contributed by atoms with Gasteiger partial charge >= 0.3 is 0 Å². The number of guanidine groups is 1. The molecule has 3 rings (SSSR count). The summed E-state index contributed by atoms with van der Waals surface area (Å²) in [6, 6.07) is 8.45. The van der Waals surface area contributed by atoms with Crippen LogP contribution in [0, 0.1) is 0 Å². The van der Waals surface area contributed by atoms with Crippen LogP contribution in [0.5, 0.6) is 0 Å². The van der Waals surface area contributed by atoms with Crippen LogP contribution in [0.15, 0.2) is 35.5 Å². The van der Waals surface area contributed by atoms with Gasteiger partial charge in [0.05, 0.1) is 0 Å². The quantitative estimate of drug-likeness (QED) is 0.665. The molecule has 0 saturated carbocycles. The molecule has 0 spiro atoms. The molecule has 3 N–H and O–H groups in total. The Labute approximate surface area is 124 Å². The second kappa shape index (κ2) is 5.99. The van der Waals surface area contributed by atoms with E-state index in [1.54, 1.807) is 6.20 Å². The number of hydrogen-bond acceptors (Lipinski definition) is 2. The third kappa shape index (κ3) is 3.24. The number of hydrogen-bond donors (Lipinski definition) is 2. The SMILES string of the molecule is Cn1nccc1CCN=C(N)Nc1ccc2c(c1)CCC2. The largest absolute Gasteiger partial charge is 0.370 e. The van der Waals surface area contributed by atoms with Crippen molar-refractivity contribution in [2.75, 3.05) is 11.9 Å². The van der Waals surface area contributed by atoms with Gasteiger partial charge in [-0.1, -0.05) is 6.07 Å². The van der Waals surface area contributed by atoms with Crippen molar-refractivity contribution in [3.8, 4) is 0 Å². The Balaban J connectivity index is 1.57. The molecule has 110 valence electrons. The lowest BCUT2D eigenvalue weighted by Gasteiger charge is -2.08. The Morgan fingerprint density at radius 3 is 3.00 bits per heavy atom. The number of nitrogens with zero attached hydrogens (tertiary/aromatic N) is 3.